The second-order valence-corrected chi connectivity index (χ2v) is 7.99. The van der Waals surface area contributed by atoms with Gasteiger partial charge in [-0.2, -0.15) is 5.10 Å². The second-order valence-electron chi connectivity index (χ2n) is 7.14. The molecular formula is C26H18Cl2N2O4. The number of nitrogens with zero attached hydrogens (tertiary/aromatic N) is 1. The number of hydrogen-bond donors (Lipinski definition) is 1. The van der Waals surface area contributed by atoms with E-state index in [1.807, 2.05) is 36.4 Å². The topological polar surface area (TPSA) is 77.0 Å². The lowest BCUT2D eigenvalue weighted by molar-refractivity contribution is -0.123. The highest BCUT2D eigenvalue weighted by Crippen LogP contribution is 2.27. The molecule has 34 heavy (non-hydrogen) atoms. The van der Waals surface area contributed by atoms with Gasteiger partial charge < -0.3 is 9.47 Å². The molecule has 0 atom stereocenters. The number of nitrogens with one attached hydrogen (secondary N) is 1. The van der Waals surface area contributed by atoms with Crippen LogP contribution in [0.25, 0.3) is 10.8 Å². The van der Waals surface area contributed by atoms with Gasteiger partial charge in [-0.05, 0) is 64.9 Å². The molecule has 6 nitrogen and oxygen atoms in total. The van der Waals surface area contributed by atoms with Crippen LogP contribution in [0, 0.1) is 0 Å². The molecule has 0 saturated carbocycles. The van der Waals surface area contributed by atoms with Crippen LogP contribution >= 0.6 is 23.2 Å². The van der Waals surface area contributed by atoms with E-state index in [9.17, 15) is 9.59 Å². The van der Waals surface area contributed by atoms with Gasteiger partial charge in [0.05, 0.1) is 16.8 Å². The quantitative estimate of drug-likeness (QED) is 0.151. The van der Waals surface area contributed by atoms with Crippen molar-refractivity contribution in [1.29, 1.82) is 0 Å². The van der Waals surface area contributed by atoms with Crippen LogP contribution in [0.15, 0.2) is 90.0 Å². The predicted molar refractivity (Wildman–Crippen MR) is 133 cm³/mol. The molecule has 0 radical (unpaired) electrons. The zero-order valence-electron chi connectivity index (χ0n) is 17.7. The molecule has 0 aliphatic rings. The van der Waals surface area contributed by atoms with Gasteiger partial charge in [-0.3, -0.25) is 4.79 Å². The lowest BCUT2D eigenvalue weighted by Crippen LogP contribution is -2.24. The van der Waals surface area contributed by atoms with Gasteiger partial charge in [0.25, 0.3) is 5.91 Å². The minimum atomic E-state index is -0.456. The largest absolute Gasteiger partial charge is 0.482 e. The third-order valence-electron chi connectivity index (χ3n) is 4.76. The zero-order chi connectivity index (χ0) is 23.9. The monoisotopic (exact) mass is 492 g/mol. The smallest absolute Gasteiger partial charge is 0.344 e. The van der Waals surface area contributed by atoms with Crippen LogP contribution in [0.2, 0.25) is 10.0 Å². The number of esters is 1. The first-order valence-electron chi connectivity index (χ1n) is 10.2. The molecule has 1 N–H and O–H groups in total. The van der Waals surface area contributed by atoms with Crippen molar-refractivity contribution in [3.05, 3.63) is 106 Å². The van der Waals surface area contributed by atoms with Gasteiger partial charge in [0, 0.05) is 5.02 Å². The number of carbonyl (C=O) groups excluding carboxylic acids is 2. The van der Waals surface area contributed by atoms with Crippen molar-refractivity contribution < 1.29 is 19.1 Å². The van der Waals surface area contributed by atoms with E-state index in [1.54, 1.807) is 42.5 Å². The summed E-state index contributed by atoms with van der Waals surface area (Å²) >= 11 is 11.8. The Hall–Kier alpha value is -3.87. The molecule has 0 spiro atoms. The lowest BCUT2D eigenvalue weighted by Gasteiger charge is -2.07. The highest BCUT2D eigenvalue weighted by atomic mass is 35.5. The molecule has 0 bridgehead atoms. The summed E-state index contributed by atoms with van der Waals surface area (Å²) in [5.74, 6) is -0.152. The standard InChI is InChI=1S/C26H18Cl2N2O4/c27-19-10-13-24(23(28)14-19)33-16-25(31)30-29-15-17-8-11-20(12-9-17)34-26(32)22-7-3-5-18-4-1-2-6-21(18)22/h1-15H,16H2,(H,30,31). The molecule has 4 aromatic rings. The Morgan fingerprint density at radius 1 is 0.912 bits per heavy atom. The van der Waals surface area contributed by atoms with E-state index in [0.717, 1.165) is 10.8 Å². The van der Waals surface area contributed by atoms with E-state index in [-0.39, 0.29) is 6.61 Å². The Labute approximate surface area is 205 Å². The molecule has 0 heterocycles. The average molecular weight is 493 g/mol. The number of hydrogen-bond acceptors (Lipinski definition) is 5. The number of rotatable bonds is 7. The van der Waals surface area contributed by atoms with Crippen molar-refractivity contribution >= 4 is 52.1 Å². The Morgan fingerprint density at radius 2 is 1.68 bits per heavy atom. The number of benzene rings is 4. The summed E-state index contributed by atoms with van der Waals surface area (Å²) in [6.07, 6.45) is 1.46. The maximum atomic E-state index is 12.6. The van der Waals surface area contributed by atoms with E-state index in [4.69, 9.17) is 32.7 Å². The van der Waals surface area contributed by atoms with Crippen molar-refractivity contribution in [3.63, 3.8) is 0 Å². The van der Waals surface area contributed by atoms with Gasteiger partial charge in [-0.15, -0.1) is 0 Å². The highest BCUT2D eigenvalue weighted by Gasteiger charge is 2.12. The minimum absolute atomic E-state index is 0.262. The molecule has 0 saturated heterocycles. The maximum absolute atomic E-state index is 12.6. The highest BCUT2D eigenvalue weighted by molar-refractivity contribution is 6.35. The summed E-state index contributed by atoms with van der Waals surface area (Å²) in [5.41, 5.74) is 3.56. The number of hydrazone groups is 1. The molecule has 4 aromatic carbocycles. The van der Waals surface area contributed by atoms with Crippen molar-refractivity contribution in [1.82, 2.24) is 5.43 Å². The summed E-state index contributed by atoms with van der Waals surface area (Å²) in [4.78, 5) is 24.6. The van der Waals surface area contributed by atoms with Crippen LogP contribution in [0.4, 0.5) is 0 Å². The molecule has 170 valence electrons. The van der Waals surface area contributed by atoms with Crippen LogP contribution in [0.3, 0.4) is 0 Å². The molecule has 0 unspecified atom stereocenters. The molecular weight excluding hydrogens is 475 g/mol. The van der Waals surface area contributed by atoms with Crippen molar-refractivity contribution in [2.24, 2.45) is 5.10 Å². The molecule has 0 aliphatic heterocycles. The summed E-state index contributed by atoms with van der Waals surface area (Å²) in [6.45, 7) is -0.262. The summed E-state index contributed by atoms with van der Waals surface area (Å²) in [5, 5.41) is 6.47. The molecule has 0 fully saturated rings. The van der Waals surface area contributed by atoms with Crippen molar-refractivity contribution in [2.45, 2.75) is 0 Å². The summed E-state index contributed by atoms with van der Waals surface area (Å²) in [7, 11) is 0. The molecule has 0 aliphatic carbocycles. The fourth-order valence-corrected chi connectivity index (χ4v) is 3.60. The Kier molecular flexibility index (Phi) is 7.42. The van der Waals surface area contributed by atoms with Crippen molar-refractivity contribution in [3.8, 4) is 11.5 Å². The summed E-state index contributed by atoms with van der Waals surface area (Å²) < 4.78 is 10.9. The normalized spacial score (nSPS) is 10.9. The third-order valence-corrected chi connectivity index (χ3v) is 5.29. The van der Waals surface area contributed by atoms with Gasteiger partial charge in [-0.25, -0.2) is 10.2 Å². The minimum Gasteiger partial charge on any atom is -0.482 e. The Morgan fingerprint density at radius 3 is 2.47 bits per heavy atom. The van der Waals surface area contributed by atoms with E-state index in [0.29, 0.717) is 32.7 Å². The van der Waals surface area contributed by atoms with E-state index in [2.05, 4.69) is 10.5 Å². The third kappa shape index (κ3) is 5.92. The number of amides is 1. The van der Waals surface area contributed by atoms with Crippen LogP contribution in [0.5, 0.6) is 11.5 Å². The van der Waals surface area contributed by atoms with Gasteiger partial charge in [0.15, 0.2) is 6.61 Å². The lowest BCUT2D eigenvalue weighted by atomic mass is 10.0. The number of ether oxygens (including phenoxy) is 2. The van der Waals surface area contributed by atoms with E-state index >= 15 is 0 Å². The fourth-order valence-electron chi connectivity index (χ4n) is 3.13. The van der Waals surface area contributed by atoms with Gasteiger partial charge >= 0.3 is 5.97 Å². The van der Waals surface area contributed by atoms with E-state index in [1.165, 1.54) is 12.3 Å². The SMILES string of the molecule is O=C(COc1ccc(Cl)cc1Cl)NN=Cc1ccc(OC(=O)c2cccc3ccccc23)cc1. The predicted octanol–water partition coefficient (Wildman–Crippen LogP) is 5.89. The fraction of sp³-hybridized carbons (Fsp3) is 0.0385. The number of halogens is 2. The van der Waals surface area contributed by atoms with Gasteiger partial charge in [-0.1, -0.05) is 59.6 Å². The second kappa shape index (κ2) is 10.8. The first-order valence-corrected chi connectivity index (χ1v) is 10.9. The molecule has 4 rings (SSSR count). The van der Waals surface area contributed by atoms with Crippen LogP contribution in [-0.2, 0) is 4.79 Å². The maximum Gasteiger partial charge on any atom is 0.344 e. The Bertz CT molecular complexity index is 1370. The molecule has 8 heteroatoms. The van der Waals surface area contributed by atoms with Crippen LogP contribution in [0.1, 0.15) is 15.9 Å². The number of fused-ring (bicyclic) bond motifs is 1. The zero-order valence-corrected chi connectivity index (χ0v) is 19.2. The summed E-state index contributed by atoms with van der Waals surface area (Å²) in [6, 6.07) is 24.6. The van der Waals surface area contributed by atoms with E-state index < -0.39 is 11.9 Å². The first-order chi connectivity index (χ1) is 16.5. The van der Waals surface area contributed by atoms with Crippen LogP contribution in [-0.4, -0.2) is 24.7 Å². The first kappa shape index (κ1) is 23.3. The van der Waals surface area contributed by atoms with Crippen molar-refractivity contribution in [2.75, 3.05) is 6.61 Å². The molecule has 1 amide bonds. The van der Waals surface area contributed by atoms with Gasteiger partial charge in [0.1, 0.15) is 11.5 Å². The van der Waals surface area contributed by atoms with Crippen LogP contribution < -0.4 is 14.9 Å². The average Bonchev–Trinajstić information content (AvgIpc) is 2.84. The Balaban J connectivity index is 1.30. The molecule has 0 aromatic heterocycles. The van der Waals surface area contributed by atoms with Gasteiger partial charge in [0.2, 0.25) is 0 Å². The number of carbonyl (C=O) groups is 2.